The molecule has 1 saturated heterocycles. The lowest BCUT2D eigenvalue weighted by Crippen LogP contribution is -2.45. The van der Waals surface area contributed by atoms with Gasteiger partial charge in [-0.2, -0.15) is 13.2 Å². The molecule has 0 aliphatic carbocycles. The third-order valence-electron chi connectivity index (χ3n) is 3.56. The molecule has 0 saturated carbocycles. The molecule has 7 heteroatoms. The fourth-order valence-corrected chi connectivity index (χ4v) is 2.50. The number of halogens is 3. The molecule has 4 nitrogen and oxygen atoms in total. The number of hydrogen-bond acceptors (Lipinski definition) is 3. The Morgan fingerprint density at radius 2 is 2.10 bits per heavy atom. The first-order chi connectivity index (χ1) is 9.73. The van der Waals surface area contributed by atoms with E-state index in [0.717, 1.165) is 17.0 Å². The van der Waals surface area contributed by atoms with Crippen LogP contribution in [0.1, 0.15) is 22.3 Å². The van der Waals surface area contributed by atoms with Crippen LogP contribution in [0, 0.1) is 0 Å². The Hall–Kier alpha value is -1.60. The Kier molecular flexibility index (Phi) is 4.25. The van der Waals surface area contributed by atoms with Crippen molar-refractivity contribution >= 4 is 5.91 Å². The van der Waals surface area contributed by atoms with Crippen LogP contribution in [-0.4, -0.2) is 48.2 Å². The maximum absolute atomic E-state index is 12.9. The first kappa shape index (κ1) is 15.8. The predicted molar refractivity (Wildman–Crippen MR) is 70.8 cm³/mol. The molecule has 0 spiro atoms. The van der Waals surface area contributed by atoms with Gasteiger partial charge in [-0.25, -0.2) is 0 Å². The first-order valence-corrected chi connectivity index (χ1v) is 6.58. The maximum atomic E-state index is 12.9. The van der Waals surface area contributed by atoms with Crippen molar-refractivity contribution in [3.05, 3.63) is 35.4 Å². The van der Waals surface area contributed by atoms with Crippen LogP contribution < -0.4 is 5.32 Å². The summed E-state index contributed by atoms with van der Waals surface area (Å²) in [5.74, 6) is -0.747. The zero-order chi connectivity index (χ0) is 15.7. The molecule has 1 aliphatic rings. The Balaban J connectivity index is 2.20. The van der Waals surface area contributed by atoms with E-state index in [1.54, 1.807) is 0 Å². The largest absolute Gasteiger partial charge is 0.417 e. The number of alkyl halides is 3. The van der Waals surface area contributed by atoms with Crippen molar-refractivity contribution in [1.29, 1.82) is 0 Å². The highest BCUT2D eigenvalue weighted by atomic mass is 19.4. The van der Waals surface area contributed by atoms with Crippen molar-refractivity contribution in [2.75, 3.05) is 26.7 Å². The molecule has 1 unspecified atom stereocenters. The molecule has 0 radical (unpaired) electrons. The van der Waals surface area contributed by atoms with Crippen molar-refractivity contribution in [2.24, 2.45) is 0 Å². The van der Waals surface area contributed by atoms with E-state index in [1.807, 2.05) is 0 Å². The third-order valence-corrected chi connectivity index (χ3v) is 3.56. The minimum atomic E-state index is -4.58. The van der Waals surface area contributed by atoms with Crippen LogP contribution in [0.5, 0.6) is 0 Å². The summed E-state index contributed by atoms with van der Waals surface area (Å²) in [5.41, 5.74) is -2.45. The SMILES string of the molecule is CN(CC1(O)CCNC1)C(=O)c1ccccc1C(F)(F)F. The minimum Gasteiger partial charge on any atom is -0.387 e. The van der Waals surface area contributed by atoms with Gasteiger partial charge in [-0.15, -0.1) is 0 Å². The zero-order valence-electron chi connectivity index (χ0n) is 11.6. The number of aliphatic hydroxyl groups is 1. The highest BCUT2D eigenvalue weighted by molar-refractivity contribution is 5.95. The Morgan fingerprint density at radius 1 is 1.43 bits per heavy atom. The van der Waals surface area contributed by atoms with E-state index in [9.17, 15) is 23.1 Å². The van der Waals surface area contributed by atoms with E-state index < -0.39 is 28.8 Å². The number of β-amino-alcohol motifs (C(OH)–C–C–N with tert-alkyl or cyclic N) is 1. The number of nitrogens with one attached hydrogen (secondary N) is 1. The molecular formula is C14H17F3N2O2. The normalized spacial score (nSPS) is 22.3. The van der Waals surface area contributed by atoms with Gasteiger partial charge in [0.05, 0.1) is 23.3 Å². The molecule has 1 atom stereocenters. The van der Waals surface area contributed by atoms with E-state index in [4.69, 9.17) is 0 Å². The summed E-state index contributed by atoms with van der Waals surface area (Å²) in [6.07, 6.45) is -4.12. The average Bonchev–Trinajstić information content (AvgIpc) is 2.83. The first-order valence-electron chi connectivity index (χ1n) is 6.58. The summed E-state index contributed by atoms with van der Waals surface area (Å²) in [7, 11) is 1.39. The fraction of sp³-hybridized carbons (Fsp3) is 0.500. The van der Waals surface area contributed by atoms with Gasteiger partial charge in [0.25, 0.3) is 5.91 Å². The van der Waals surface area contributed by atoms with Gasteiger partial charge in [0.15, 0.2) is 0 Å². The van der Waals surface area contributed by atoms with Crippen molar-refractivity contribution in [3.63, 3.8) is 0 Å². The molecule has 2 N–H and O–H groups in total. The van der Waals surface area contributed by atoms with Crippen molar-refractivity contribution in [2.45, 2.75) is 18.2 Å². The summed E-state index contributed by atoms with van der Waals surface area (Å²) in [5, 5.41) is 13.2. The Bertz CT molecular complexity index is 525. The molecule has 0 bridgehead atoms. The van der Waals surface area contributed by atoms with Crippen LogP contribution in [0.4, 0.5) is 13.2 Å². The smallest absolute Gasteiger partial charge is 0.387 e. The summed E-state index contributed by atoms with van der Waals surface area (Å²) in [6.45, 7) is 0.939. The molecule has 1 amide bonds. The summed E-state index contributed by atoms with van der Waals surface area (Å²) >= 11 is 0. The highest BCUT2D eigenvalue weighted by Gasteiger charge is 2.37. The Labute approximate surface area is 120 Å². The molecule has 116 valence electrons. The third kappa shape index (κ3) is 3.54. The van der Waals surface area contributed by atoms with Crippen LogP contribution in [0.25, 0.3) is 0 Å². The van der Waals surface area contributed by atoms with E-state index in [1.165, 1.54) is 19.2 Å². The second-order valence-electron chi connectivity index (χ2n) is 5.36. The average molecular weight is 302 g/mol. The predicted octanol–water partition coefficient (Wildman–Crippen LogP) is 1.50. The van der Waals surface area contributed by atoms with Gasteiger partial charge in [0.2, 0.25) is 0 Å². The molecule has 1 heterocycles. The maximum Gasteiger partial charge on any atom is 0.417 e. The van der Waals surface area contributed by atoms with Crippen molar-refractivity contribution < 1.29 is 23.1 Å². The van der Waals surface area contributed by atoms with E-state index in [2.05, 4.69) is 5.32 Å². The highest BCUT2D eigenvalue weighted by Crippen LogP contribution is 2.32. The lowest BCUT2D eigenvalue weighted by molar-refractivity contribution is -0.138. The number of benzene rings is 1. The van der Waals surface area contributed by atoms with Crippen LogP contribution in [0.2, 0.25) is 0 Å². The molecule has 1 aromatic rings. The lowest BCUT2D eigenvalue weighted by atomic mass is 10.0. The summed E-state index contributed by atoms with van der Waals surface area (Å²) < 4.78 is 38.8. The van der Waals surface area contributed by atoms with E-state index in [0.29, 0.717) is 19.5 Å². The topological polar surface area (TPSA) is 52.6 Å². The molecule has 21 heavy (non-hydrogen) atoms. The molecule has 1 aromatic carbocycles. The summed E-state index contributed by atoms with van der Waals surface area (Å²) in [4.78, 5) is 13.4. The molecule has 2 rings (SSSR count). The van der Waals surface area contributed by atoms with Gasteiger partial charge in [0, 0.05) is 13.6 Å². The van der Waals surface area contributed by atoms with Gasteiger partial charge in [0.1, 0.15) is 0 Å². The fourth-order valence-electron chi connectivity index (χ4n) is 2.50. The Morgan fingerprint density at radius 3 is 2.67 bits per heavy atom. The van der Waals surface area contributed by atoms with Gasteiger partial charge in [-0.05, 0) is 25.1 Å². The monoisotopic (exact) mass is 302 g/mol. The minimum absolute atomic E-state index is 0.00890. The molecule has 1 fully saturated rings. The van der Waals surface area contributed by atoms with Crippen LogP contribution >= 0.6 is 0 Å². The van der Waals surface area contributed by atoms with E-state index in [-0.39, 0.29) is 6.54 Å². The van der Waals surface area contributed by atoms with Gasteiger partial charge in [-0.1, -0.05) is 12.1 Å². The number of carbonyl (C=O) groups is 1. The summed E-state index contributed by atoms with van der Waals surface area (Å²) in [6, 6.07) is 4.67. The standard InChI is InChI=1S/C14H17F3N2O2/c1-19(9-13(21)6-7-18-8-13)12(20)10-4-2-3-5-11(10)14(15,16)17/h2-5,18,21H,6-9H2,1H3. The van der Waals surface area contributed by atoms with Gasteiger partial charge in [-0.3, -0.25) is 4.79 Å². The number of carbonyl (C=O) groups excluding carboxylic acids is 1. The van der Waals surface area contributed by atoms with Crippen molar-refractivity contribution in [3.8, 4) is 0 Å². The molecule has 0 aromatic heterocycles. The number of likely N-dealkylation sites (N-methyl/N-ethyl adjacent to an activating group) is 1. The molecular weight excluding hydrogens is 285 g/mol. The van der Waals surface area contributed by atoms with Crippen LogP contribution in [0.15, 0.2) is 24.3 Å². The van der Waals surface area contributed by atoms with Gasteiger partial charge >= 0.3 is 6.18 Å². The zero-order valence-corrected chi connectivity index (χ0v) is 11.6. The number of rotatable bonds is 3. The number of nitrogens with zero attached hydrogens (tertiary/aromatic N) is 1. The second kappa shape index (κ2) is 5.65. The van der Waals surface area contributed by atoms with Gasteiger partial charge < -0.3 is 15.3 Å². The van der Waals surface area contributed by atoms with E-state index >= 15 is 0 Å². The molecule has 1 aliphatic heterocycles. The second-order valence-corrected chi connectivity index (χ2v) is 5.36. The van der Waals surface area contributed by atoms with Crippen molar-refractivity contribution in [1.82, 2.24) is 10.2 Å². The van der Waals surface area contributed by atoms with Crippen LogP contribution in [0.3, 0.4) is 0 Å². The van der Waals surface area contributed by atoms with Crippen LogP contribution in [-0.2, 0) is 6.18 Å². The number of amides is 1. The lowest BCUT2D eigenvalue weighted by Gasteiger charge is -2.28. The number of hydrogen-bond donors (Lipinski definition) is 2. The quantitative estimate of drug-likeness (QED) is 0.890.